The van der Waals surface area contributed by atoms with Gasteiger partial charge in [-0.3, -0.25) is 9.48 Å². The Labute approximate surface area is 163 Å². The lowest BCUT2D eigenvalue weighted by Crippen LogP contribution is -2.38. The van der Waals surface area contributed by atoms with Crippen LogP contribution in [0.3, 0.4) is 0 Å². The summed E-state index contributed by atoms with van der Waals surface area (Å²) in [7, 11) is 1.87. The molecule has 4 heterocycles. The van der Waals surface area contributed by atoms with Gasteiger partial charge in [-0.2, -0.15) is 5.10 Å². The van der Waals surface area contributed by atoms with Crippen LogP contribution < -0.4 is 0 Å². The summed E-state index contributed by atoms with van der Waals surface area (Å²) >= 11 is 0. The van der Waals surface area contributed by atoms with Gasteiger partial charge in [-0.15, -0.1) is 0 Å². The van der Waals surface area contributed by atoms with E-state index in [9.17, 15) is 4.79 Å². The van der Waals surface area contributed by atoms with Gasteiger partial charge < -0.3 is 13.9 Å². The van der Waals surface area contributed by atoms with Crippen LogP contribution in [0.1, 0.15) is 72.7 Å². The molecular formula is C20H25N5O3. The van der Waals surface area contributed by atoms with Gasteiger partial charge in [-0.05, 0) is 32.1 Å². The lowest BCUT2D eigenvalue weighted by molar-refractivity contribution is 0.0563. The van der Waals surface area contributed by atoms with Crippen LogP contribution in [0.15, 0.2) is 27.4 Å². The first-order valence-electron chi connectivity index (χ1n) is 9.69. The van der Waals surface area contributed by atoms with Crippen molar-refractivity contribution in [2.24, 2.45) is 7.05 Å². The third-order valence-corrected chi connectivity index (χ3v) is 5.16. The molecule has 1 atom stereocenters. The first-order valence-corrected chi connectivity index (χ1v) is 9.69. The number of nitrogens with zero attached hydrogens (tertiary/aromatic N) is 5. The molecular weight excluding hydrogens is 358 g/mol. The molecule has 0 aliphatic carbocycles. The van der Waals surface area contributed by atoms with Gasteiger partial charge in [-0.1, -0.05) is 24.2 Å². The highest BCUT2D eigenvalue weighted by molar-refractivity contribution is 5.92. The zero-order valence-electron chi connectivity index (χ0n) is 16.7. The highest BCUT2D eigenvalue weighted by Crippen LogP contribution is 2.37. The number of hydrogen-bond acceptors (Lipinski definition) is 6. The Morgan fingerprint density at radius 2 is 2.04 bits per heavy atom. The normalized spacial score (nSPS) is 17.5. The van der Waals surface area contributed by atoms with Crippen molar-refractivity contribution in [3.63, 3.8) is 0 Å². The van der Waals surface area contributed by atoms with E-state index in [1.54, 1.807) is 10.7 Å². The number of aromatic nitrogens is 4. The molecule has 1 aliphatic heterocycles. The zero-order chi connectivity index (χ0) is 19.8. The number of piperidine rings is 1. The maximum absolute atomic E-state index is 13.2. The van der Waals surface area contributed by atoms with E-state index in [0.717, 1.165) is 41.9 Å². The van der Waals surface area contributed by atoms with E-state index in [1.807, 2.05) is 45.0 Å². The Morgan fingerprint density at radius 3 is 2.71 bits per heavy atom. The molecule has 0 unspecified atom stereocenters. The average molecular weight is 383 g/mol. The summed E-state index contributed by atoms with van der Waals surface area (Å²) in [6.07, 6.45) is 4.75. The summed E-state index contributed by atoms with van der Waals surface area (Å²) in [6, 6.07) is 3.49. The van der Waals surface area contributed by atoms with Crippen LogP contribution in [0.5, 0.6) is 0 Å². The Balaban J connectivity index is 1.69. The number of amides is 1. The zero-order valence-corrected chi connectivity index (χ0v) is 16.7. The van der Waals surface area contributed by atoms with Gasteiger partial charge in [0.15, 0.2) is 5.76 Å². The number of likely N-dealkylation sites (tertiary alicyclic amines) is 1. The SMILES string of the molecule is Cc1cc(-c2cn(C)nc2[C@@H]2CCCCN2C(=O)c2cc(C(C)C)no2)on1. The minimum Gasteiger partial charge on any atom is -0.356 e. The van der Waals surface area contributed by atoms with Crippen molar-refractivity contribution in [3.05, 3.63) is 41.2 Å². The first-order chi connectivity index (χ1) is 13.4. The van der Waals surface area contributed by atoms with E-state index in [0.29, 0.717) is 12.3 Å². The molecule has 148 valence electrons. The molecule has 1 fully saturated rings. The molecule has 0 N–H and O–H groups in total. The third-order valence-electron chi connectivity index (χ3n) is 5.16. The minimum absolute atomic E-state index is 0.143. The summed E-state index contributed by atoms with van der Waals surface area (Å²) < 4.78 is 12.6. The lowest BCUT2D eigenvalue weighted by Gasteiger charge is -2.34. The fourth-order valence-corrected chi connectivity index (χ4v) is 3.69. The summed E-state index contributed by atoms with van der Waals surface area (Å²) in [5.41, 5.74) is 3.29. The second kappa shape index (κ2) is 7.26. The standard InChI is InChI=1S/C20H25N5O3/c1-12(2)15-10-18(28-23-15)20(26)25-8-6-5-7-16(25)19-14(11-24(4)21-19)17-9-13(3)22-27-17/h9-12,16H,5-8H2,1-4H3/t16-/m0/s1. The average Bonchev–Trinajstić information content (AvgIpc) is 3.40. The van der Waals surface area contributed by atoms with Gasteiger partial charge in [-0.25, -0.2) is 0 Å². The van der Waals surface area contributed by atoms with Crippen molar-refractivity contribution in [1.82, 2.24) is 25.0 Å². The first kappa shape index (κ1) is 18.5. The highest BCUT2D eigenvalue weighted by atomic mass is 16.5. The predicted molar refractivity (Wildman–Crippen MR) is 102 cm³/mol. The molecule has 28 heavy (non-hydrogen) atoms. The van der Waals surface area contributed by atoms with Crippen molar-refractivity contribution in [1.29, 1.82) is 0 Å². The number of carbonyl (C=O) groups is 1. The molecule has 0 saturated carbocycles. The van der Waals surface area contributed by atoms with Crippen LogP contribution in [0, 0.1) is 6.92 Å². The smallest absolute Gasteiger partial charge is 0.293 e. The van der Waals surface area contributed by atoms with Crippen molar-refractivity contribution in [2.45, 2.75) is 52.0 Å². The molecule has 3 aromatic rings. The van der Waals surface area contributed by atoms with E-state index >= 15 is 0 Å². The maximum atomic E-state index is 13.2. The molecule has 1 saturated heterocycles. The van der Waals surface area contributed by atoms with Crippen molar-refractivity contribution in [3.8, 4) is 11.3 Å². The summed E-state index contributed by atoms with van der Waals surface area (Å²) in [4.78, 5) is 15.1. The van der Waals surface area contributed by atoms with Crippen LogP contribution in [0.2, 0.25) is 0 Å². The van der Waals surface area contributed by atoms with Crippen LogP contribution in [0.25, 0.3) is 11.3 Å². The fraction of sp³-hybridized carbons (Fsp3) is 0.500. The topological polar surface area (TPSA) is 90.2 Å². The van der Waals surface area contributed by atoms with Crippen LogP contribution in [0.4, 0.5) is 0 Å². The summed E-state index contributed by atoms with van der Waals surface area (Å²) in [6.45, 7) is 6.59. The van der Waals surface area contributed by atoms with E-state index < -0.39 is 0 Å². The second-order valence-electron chi connectivity index (χ2n) is 7.72. The van der Waals surface area contributed by atoms with Crippen LogP contribution in [-0.2, 0) is 7.05 Å². The van der Waals surface area contributed by atoms with Crippen molar-refractivity contribution in [2.75, 3.05) is 6.54 Å². The lowest BCUT2D eigenvalue weighted by atomic mass is 9.96. The minimum atomic E-state index is -0.144. The van der Waals surface area contributed by atoms with Gasteiger partial charge in [0, 0.05) is 31.9 Å². The predicted octanol–water partition coefficient (Wildman–Crippen LogP) is 3.86. The quantitative estimate of drug-likeness (QED) is 0.679. The van der Waals surface area contributed by atoms with Crippen molar-refractivity contribution < 1.29 is 13.8 Å². The van der Waals surface area contributed by atoms with Crippen LogP contribution in [-0.4, -0.2) is 37.4 Å². The van der Waals surface area contributed by atoms with Gasteiger partial charge in [0.05, 0.1) is 28.7 Å². The van der Waals surface area contributed by atoms with E-state index in [-0.39, 0.29) is 23.6 Å². The monoisotopic (exact) mass is 383 g/mol. The highest BCUT2D eigenvalue weighted by Gasteiger charge is 2.34. The number of carbonyl (C=O) groups excluding carboxylic acids is 1. The molecule has 4 rings (SSSR count). The number of aryl methyl sites for hydroxylation is 2. The Kier molecular flexibility index (Phi) is 4.78. The van der Waals surface area contributed by atoms with Gasteiger partial charge in [0.25, 0.3) is 5.91 Å². The second-order valence-corrected chi connectivity index (χ2v) is 7.72. The summed E-state index contributed by atoms with van der Waals surface area (Å²) in [5, 5.41) is 12.7. The third kappa shape index (κ3) is 3.34. The van der Waals surface area contributed by atoms with E-state index in [1.165, 1.54) is 0 Å². The molecule has 3 aromatic heterocycles. The van der Waals surface area contributed by atoms with E-state index in [2.05, 4.69) is 15.4 Å². The van der Waals surface area contributed by atoms with Crippen molar-refractivity contribution >= 4 is 5.91 Å². The molecule has 0 radical (unpaired) electrons. The Hall–Kier alpha value is -2.90. The van der Waals surface area contributed by atoms with Gasteiger partial charge in [0.2, 0.25) is 5.76 Å². The van der Waals surface area contributed by atoms with Gasteiger partial charge >= 0.3 is 0 Å². The Morgan fingerprint density at radius 1 is 1.21 bits per heavy atom. The molecule has 1 amide bonds. The van der Waals surface area contributed by atoms with Crippen LogP contribution >= 0.6 is 0 Å². The Bertz CT molecular complexity index is 984. The molecule has 8 heteroatoms. The summed E-state index contributed by atoms with van der Waals surface area (Å²) in [5.74, 6) is 1.01. The van der Waals surface area contributed by atoms with Gasteiger partial charge in [0.1, 0.15) is 0 Å². The number of rotatable bonds is 4. The van der Waals surface area contributed by atoms with E-state index in [4.69, 9.17) is 9.05 Å². The largest absolute Gasteiger partial charge is 0.356 e. The molecule has 0 bridgehead atoms. The number of hydrogen-bond donors (Lipinski definition) is 0. The fourth-order valence-electron chi connectivity index (χ4n) is 3.69. The molecule has 1 aliphatic rings. The molecule has 8 nitrogen and oxygen atoms in total. The maximum Gasteiger partial charge on any atom is 0.293 e. The molecule has 0 spiro atoms. The molecule has 0 aromatic carbocycles.